The van der Waals surface area contributed by atoms with Crippen LogP contribution in [0.1, 0.15) is 87.0 Å². The van der Waals surface area contributed by atoms with Crippen molar-refractivity contribution >= 4 is 24.4 Å². The van der Waals surface area contributed by atoms with Gasteiger partial charge in [0.15, 0.2) is 12.1 Å². The van der Waals surface area contributed by atoms with E-state index in [0.717, 1.165) is 12.0 Å². The van der Waals surface area contributed by atoms with Crippen LogP contribution in [-0.4, -0.2) is 64.3 Å². The number of carbonyl (C=O) groups excluding carboxylic acids is 2. The molecule has 252 valence electrons. The second-order valence-electron chi connectivity index (χ2n) is 13.0. The van der Waals surface area contributed by atoms with E-state index in [4.69, 9.17) is 5.73 Å². The number of amides is 2. The monoisotopic (exact) mass is 624 g/mol. The Morgan fingerprint density at radius 3 is 2.16 bits per heavy atom. The molecule has 0 spiro atoms. The topological polar surface area (TPSA) is 120 Å². The smallest absolute Gasteiger partial charge is 0.391 e. The summed E-state index contributed by atoms with van der Waals surface area (Å²) in [6, 6.07) is -2.04. The van der Waals surface area contributed by atoms with Crippen LogP contribution in [0.25, 0.3) is 0 Å². The van der Waals surface area contributed by atoms with Crippen LogP contribution >= 0.6 is 0 Å². The van der Waals surface area contributed by atoms with E-state index in [1.165, 1.54) is 11.5 Å². The van der Waals surface area contributed by atoms with Crippen molar-refractivity contribution in [2.75, 3.05) is 0 Å². The van der Waals surface area contributed by atoms with E-state index in [-0.39, 0.29) is 30.2 Å². The third kappa shape index (κ3) is 14.9. The van der Waals surface area contributed by atoms with E-state index < -0.39 is 29.6 Å². The maximum atomic E-state index is 13.9. The quantitative estimate of drug-likeness (QED) is 0.0365. The Kier molecular flexibility index (Phi) is 18.9. The van der Waals surface area contributed by atoms with E-state index in [1.54, 1.807) is 19.1 Å². The zero-order valence-corrected chi connectivity index (χ0v) is 29.1. The molecule has 0 heterocycles. The summed E-state index contributed by atoms with van der Waals surface area (Å²) in [5.74, 6) is 0.0749. The van der Waals surface area contributed by atoms with Gasteiger partial charge in [0, 0.05) is 25.5 Å². The molecule has 0 aromatic rings. The van der Waals surface area contributed by atoms with Crippen molar-refractivity contribution in [2.45, 2.75) is 117 Å². The van der Waals surface area contributed by atoms with E-state index in [0.29, 0.717) is 43.1 Å². The number of hydrogen-bond donors (Lipinski definition) is 4. The Labute approximate surface area is 273 Å². The van der Waals surface area contributed by atoms with Gasteiger partial charge in [-0.25, -0.2) is 4.79 Å². The molecule has 5 N–H and O–H groups in total. The lowest BCUT2D eigenvalue weighted by atomic mass is 9.78. The normalized spacial score (nSPS) is 17.4. The highest BCUT2D eigenvalue weighted by atomic mass is 16.3. The predicted octanol–water partition coefficient (Wildman–Crippen LogP) is 6.01. The number of nitrogens with zero attached hydrogens (tertiary/aromatic N) is 2. The van der Waals surface area contributed by atoms with Gasteiger partial charge in [-0.2, -0.15) is 4.58 Å². The first-order chi connectivity index (χ1) is 21.0. The van der Waals surface area contributed by atoms with Crippen molar-refractivity contribution in [1.29, 1.82) is 0 Å². The molecule has 0 aromatic heterocycles. The Balaban J connectivity index is 6.78. The second-order valence-corrected chi connectivity index (χ2v) is 13.0. The van der Waals surface area contributed by atoms with Gasteiger partial charge in [-0.1, -0.05) is 91.2 Å². The number of nitrogens with one attached hydrogen (secondary N) is 2. The zero-order valence-electron chi connectivity index (χ0n) is 29.1. The van der Waals surface area contributed by atoms with Gasteiger partial charge < -0.3 is 21.5 Å². The number of carbonyl (C=O) groups is 2. The molecule has 2 amide bonds. The molecule has 8 nitrogen and oxygen atoms in total. The Morgan fingerprint density at radius 1 is 1.09 bits per heavy atom. The van der Waals surface area contributed by atoms with Crippen LogP contribution < -0.4 is 16.4 Å². The van der Waals surface area contributed by atoms with Gasteiger partial charge in [0.05, 0.1) is 24.0 Å². The molecule has 0 fully saturated rings. The lowest BCUT2D eigenvalue weighted by Crippen LogP contribution is -2.52. The van der Waals surface area contributed by atoms with Crippen molar-refractivity contribution in [2.24, 2.45) is 28.0 Å². The number of allylic oxidation sites excluding steroid dienone is 5. The lowest BCUT2D eigenvalue weighted by molar-refractivity contribution is -0.489. The summed E-state index contributed by atoms with van der Waals surface area (Å²) < 4.78 is 1.43. The lowest BCUT2D eigenvalue weighted by Gasteiger charge is -2.33. The minimum Gasteiger partial charge on any atom is -0.391 e. The van der Waals surface area contributed by atoms with Gasteiger partial charge in [0.1, 0.15) is 6.72 Å². The fourth-order valence-corrected chi connectivity index (χ4v) is 5.35. The highest BCUT2D eigenvalue weighted by molar-refractivity contribution is 5.83. The molecule has 8 heteroatoms. The van der Waals surface area contributed by atoms with Gasteiger partial charge in [0.2, 0.25) is 5.91 Å². The highest BCUT2D eigenvalue weighted by Gasteiger charge is 2.41. The Morgan fingerprint density at radius 2 is 1.71 bits per heavy atom. The van der Waals surface area contributed by atoms with Crippen molar-refractivity contribution in [3.63, 3.8) is 0 Å². The summed E-state index contributed by atoms with van der Waals surface area (Å²) in [5, 5.41) is 18.2. The summed E-state index contributed by atoms with van der Waals surface area (Å²) in [7, 11) is 0. The molecule has 0 rings (SSSR count). The van der Waals surface area contributed by atoms with Crippen LogP contribution in [0.5, 0.6) is 0 Å². The molecule has 0 saturated heterocycles. The number of nitrogens with two attached hydrogens (primary N) is 1. The number of hydrogen-bond acceptors (Lipinski definition) is 5. The number of rotatable bonds is 23. The fraction of sp³-hybridized carbons (Fsp3) is 0.568. The highest BCUT2D eigenvalue weighted by Crippen LogP contribution is 2.33. The van der Waals surface area contributed by atoms with E-state index in [9.17, 15) is 14.7 Å². The average Bonchev–Trinajstić information content (AvgIpc) is 2.96. The standard InChI is InChI=1S/C37H61N5O3/c1-14-19-30(17-4)22-33(39-27(9)32(21-25(6)7)40-28(10)38)34(44)23-31(24-37(12,18-5)20-15-2)42(13)36(45)35(26(8)16-3)41-29(11)43/h14-15,17-19,25-26,31-35,39,44H,1-2,4-5,9,13,16,20-24H2,3,6-8,10-12H3,(H2-,38,40,41,43)/p+1/b30-19+/t26-,31-,32+,33+,34?,35?,37+/m1/s1. The first-order valence-electron chi connectivity index (χ1n) is 16.0. The van der Waals surface area contributed by atoms with E-state index in [2.05, 4.69) is 69.1 Å². The van der Waals surface area contributed by atoms with E-state index >= 15 is 0 Å². The zero-order chi connectivity index (χ0) is 34.9. The molecule has 0 aromatic carbocycles. The van der Waals surface area contributed by atoms with E-state index in [1.807, 2.05) is 39.0 Å². The summed E-state index contributed by atoms with van der Waals surface area (Å²) in [6.07, 6.45) is 11.1. The van der Waals surface area contributed by atoms with Gasteiger partial charge in [-0.3, -0.25) is 9.79 Å². The van der Waals surface area contributed by atoms with Gasteiger partial charge >= 0.3 is 5.91 Å². The minimum atomic E-state index is -0.944. The number of amidine groups is 1. The van der Waals surface area contributed by atoms with Crippen LogP contribution in [-0.2, 0) is 9.59 Å². The van der Waals surface area contributed by atoms with Crippen LogP contribution in [0.3, 0.4) is 0 Å². The van der Waals surface area contributed by atoms with Crippen molar-refractivity contribution < 1.29 is 19.3 Å². The molecule has 2 unspecified atom stereocenters. The molecule has 0 aliphatic carbocycles. The molecule has 0 radical (unpaired) electrons. The average molecular weight is 625 g/mol. The number of aliphatic hydroxyl groups is 1. The van der Waals surface area contributed by atoms with Crippen molar-refractivity contribution in [3.8, 4) is 0 Å². The summed E-state index contributed by atoms with van der Waals surface area (Å²) in [5.41, 5.74) is 7.06. The second kappa shape index (κ2) is 20.5. The van der Waals surface area contributed by atoms with Crippen molar-refractivity contribution in [1.82, 2.24) is 10.6 Å². The first kappa shape index (κ1) is 41.5. The van der Waals surface area contributed by atoms with Crippen molar-refractivity contribution in [3.05, 3.63) is 74.5 Å². The Hall–Kier alpha value is -3.52. The molecule has 7 atom stereocenters. The van der Waals surface area contributed by atoms with Gasteiger partial charge in [0.25, 0.3) is 0 Å². The summed E-state index contributed by atoms with van der Waals surface area (Å²) >= 11 is 0. The first-order valence-corrected chi connectivity index (χ1v) is 16.0. The maximum absolute atomic E-state index is 13.9. The molecule has 0 aliphatic heterocycles. The van der Waals surface area contributed by atoms with Gasteiger partial charge in [-0.15, -0.1) is 13.2 Å². The molecule has 0 aliphatic rings. The third-order valence-corrected chi connectivity index (χ3v) is 8.22. The Bertz CT molecular complexity index is 1120. The van der Waals surface area contributed by atoms with Crippen LogP contribution in [0.15, 0.2) is 79.5 Å². The van der Waals surface area contributed by atoms with Crippen LogP contribution in [0.4, 0.5) is 0 Å². The summed E-state index contributed by atoms with van der Waals surface area (Å²) in [4.78, 5) is 30.6. The fourth-order valence-electron chi connectivity index (χ4n) is 5.35. The predicted molar refractivity (Wildman–Crippen MR) is 191 cm³/mol. The SMILES string of the molecule is C=C/C=C(\C=C)C[C@H](NC(=C)[C@H](CC(C)C)N=C(C)N)C(O)C[C@H](C[C@@](C)(C=C)CC=C)[N+](=C)C(=O)C(NC(C)=O)[C@H](C)CC. The van der Waals surface area contributed by atoms with Crippen LogP contribution in [0, 0.1) is 17.3 Å². The van der Waals surface area contributed by atoms with Gasteiger partial charge in [-0.05, 0) is 49.0 Å². The number of aliphatic imine (C=N–C) groups is 1. The molecule has 0 bridgehead atoms. The third-order valence-electron chi connectivity index (χ3n) is 8.22. The number of aliphatic hydroxyl groups excluding tert-OH is 1. The molecular weight excluding hydrogens is 562 g/mol. The molecule has 0 saturated carbocycles. The van der Waals surface area contributed by atoms with Crippen LogP contribution in [0.2, 0.25) is 0 Å². The maximum Gasteiger partial charge on any atom is 0.409 e. The largest absolute Gasteiger partial charge is 0.409 e. The minimum absolute atomic E-state index is 0.114. The molecular formula is C37H62N5O3+. The molecule has 45 heavy (non-hydrogen) atoms. The summed E-state index contributed by atoms with van der Waals surface area (Å²) in [6.45, 7) is 37.5.